The predicted molar refractivity (Wildman–Crippen MR) is 124 cm³/mol. The Morgan fingerprint density at radius 2 is 0.844 bits per heavy atom. The third-order valence-corrected chi connectivity index (χ3v) is 3.92. The van der Waals surface area contributed by atoms with Gasteiger partial charge >= 0.3 is 11.9 Å². The van der Waals surface area contributed by atoms with Gasteiger partial charge in [0.05, 0.1) is 11.1 Å². The van der Waals surface area contributed by atoms with Gasteiger partial charge in [-0.25, -0.2) is 9.59 Å². The van der Waals surface area contributed by atoms with Crippen LogP contribution in [0.2, 0.25) is 0 Å². The first kappa shape index (κ1) is 23.7. The molecule has 2 heterocycles. The molecule has 0 aliphatic heterocycles. The van der Waals surface area contributed by atoms with E-state index in [4.69, 9.17) is 10.2 Å². The molecule has 0 fully saturated rings. The number of nitrogens with zero attached hydrogens (tertiary/aromatic N) is 2. The van der Waals surface area contributed by atoms with Crippen LogP contribution in [0.25, 0.3) is 12.2 Å². The average molecular weight is 426 g/mol. The number of aromatic nitrogens is 2. The lowest BCUT2D eigenvalue weighted by molar-refractivity contribution is 0.0686. The topological polar surface area (TPSA) is 100 Å². The van der Waals surface area contributed by atoms with E-state index in [1.807, 2.05) is 24.3 Å². The van der Waals surface area contributed by atoms with E-state index in [-0.39, 0.29) is 0 Å². The van der Waals surface area contributed by atoms with Crippen molar-refractivity contribution in [1.29, 1.82) is 0 Å². The van der Waals surface area contributed by atoms with Crippen LogP contribution in [0.1, 0.15) is 31.8 Å². The molecule has 2 aromatic heterocycles. The van der Waals surface area contributed by atoms with Crippen molar-refractivity contribution in [3.05, 3.63) is 132 Å². The SMILES string of the molecule is C(=C\c1ccncc1)/c1ccncc1.O=C(O)c1ccccc1.O=C(O)c1ccccc1. The first-order valence-corrected chi connectivity index (χ1v) is 9.61. The van der Waals surface area contributed by atoms with E-state index in [1.54, 1.807) is 85.5 Å². The number of pyridine rings is 2. The number of benzene rings is 2. The maximum absolute atomic E-state index is 10.2. The van der Waals surface area contributed by atoms with E-state index in [9.17, 15) is 9.59 Å². The molecule has 32 heavy (non-hydrogen) atoms. The van der Waals surface area contributed by atoms with Gasteiger partial charge in [-0.15, -0.1) is 0 Å². The Bertz CT molecular complexity index is 1010. The van der Waals surface area contributed by atoms with Crippen molar-refractivity contribution in [3.63, 3.8) is 0 Å². The maximum atomic E-state index is 10.2. The predicted octanol–water partition coefficient (Wildman–Crippen LogP) is 5.42. The Labute approximate surface area is 186 Å². The summed E-state index contributed by atoms with van der Waals surface area (Å²) in [6, 6.07) is 24.5. The van der Waals surface area contributed by atoms with Crippen LogP contribution in [0.4, 0.5) is 0 Å². The van der Waals surface area contributed by atoms with E-state index in [2.05, 4.69) is 22.1 Å². The standard InChI is InChI=1S/C12H10N2.2C7H6O2/c1(11-3-7-13-8-4-11)2-12-5-9-14-10-6-12;2*8-7(9)6-4-2-1-3-5-6/h1-10H;2*1-5H,(H,8,9)/b2-1+;;. The summed E-state index contributed by atoms with van der Waals surface area (Å²) in [6.45, 7) is 0. The molecule has 0 saturated carbocycles. The van der Waals surface area contributed by atoms with Gasteiger partial charge in [-0.1, -0.05) is 48.6 Å². The van der Waals surface area contributed by atoms with Crippen molar-refractivity contribution in [2.75, 3.05) is 0 Å². The Morgan fingerprint density at radius 1 is 0.531 bits per heavy atom. The minimum absolute atomic E-state index is 0.331. The minimum Gasteiger partial charge on any atom is -0.478 e. The van der Waals surface area contributed by atoms with E-state index in [0.29, 0.717) is 11.1 Å². The summed E-state index contributed by atoms with van der Waals surface area (Å²) in [5.41, 5.74) is 2.96. The molecule has 2 aromatic carbocycles. The van der Waals surface area contributed by atoms with Gasteiger partial charge in [-0.3, -0.25) is 9.97 Å². The summed E-state index contributed by atoms with van der Waals surface area (Å²) in [7, 11) is 0. The maximum Gasteiger partial charge on any atom is 0.335 e. The van der Waals surface area contributed by atoms with E-state index < -0.39 is 11.9 Å². The largest absolute Gasteiger partial charge is 0.478 e. The van der Waals surface area contributed by atoms with Crippen molar-refractivity contribution in [2.24, 2.45) is 0 Å². The van der Waals surface area contributed by atoms with Crippen LogP contribution in [-0.4, -0.2) is 32.1 Å². The summed E-state index contributed by atoms with van der Waals surface area (Å²) >= 11 is 0. The highest BCUT2D eigenvalue weighted by molar-refractivity contribution is 5.87. The zero-order chi connectivity index (χ0) is 23.0. The molecule has 4 aromatic rings. The molecule has 0 atom stereocenters. The van der Waals surface area contributed by atoms with Crippen molar-refractivity contribution >= 4 is 24.1 Å². The van der Waals surface area contributed by atoms with Gasteiger partial charge in [0.15, 0.2) is 0 Å². The van der Waals surface area contributed by atoms with Gasteiger partial charge in [0.25, 0.3) is 0 Å². The normalized spacial score (nSPS) is 9.62. The lowest BCUT2D eigenvalue weighted by Crippen LogP contribution is -1.93. The fraction of sp³-hybridized carbons (Fsp3) is 0. The fourth-order valence-electron chi connectivity index (χ4n) is 2.30. The number of carboxylic acid groups (broad SMARTS) is 2. The monoisotopic (exact) mass is 426 g/mol. The number of carboxylic acids is 2. The molecular formula is C26H22N2O4. The molecule has 4 rings (SSSR count). The first-order valence-electron chi connectivity index (χ1n) is 9.61. The van der Waals surface area contributed by atoms with Crippen molar-refractivity contribution < 1.29 is 19.8 Å². The van der Waals surface area contributed by atoms with Crippen LogP contribution < -0.4 is 0 Å². The van der Waals surface area contributed by atoms with Gasteiger partial charge in [-0.05, 0) is 59.7 Å². The molecule has 2 N–H and O–H groups in total. The van der Waals surface area contributed by atoms with Crippen LogP contribution in [0.15, 0.2) is 110 Å². The smallest absolute Gasteiger partial charge is 0.335 e. The zero-order valence-corrected chi connectivity index (χ0v) is 17.2. The van der Waals surface area contributed by atoms with E-state index in [0.717, 1.165) is 11.1 Å². The second-order valence-electron chi connectivity index (χ2n) is 6.24. The van der Waals surface area contributed by atoms with Gasteiger partial charge in [0, 0.05) is 24.8 Å². The summed E-state index contributed by atoms with van der Waals surface area (Å²) in [6.07, 6.45) is 11.2. The molecule has 0 aliphatic carbocycles. The molecule has 0 spiro atoms. The first-order chi connectivity index (χ1) is 15.6. The summed E-state index contributed by atoms with van der Waals surface area (Å²) in [5, 5.41) is 16.8. The molecule has 160 valence electrons. The Kier molecular flexibility index (Phi) is 10.1. The van der Waals surface area contributed by atoms with Gasteiger partial charge in [0.2, 0.25) is 0 Å². The second kappa shape index (κ2) is 13.6. The molecule has 6 nitrogen and oxygen atoms in total. The Balaban J connectivity index is 0.000000178. The van der Waals surface area contributed by atoms with E-state index in [1.165, 1.54) is 0 Å². The minimum atomic E-state index is -0.879. The highest BCUT2D eigenvalue weighted by atomic mass is 16.4. The lowest BCUT2D eigenvalue weighted by atomic mass is 10.2. The van der Waals surface area contributed by atoms with Crippen LogP contribution in [0.3, 0.4) is 0 Å². The number of aromatic carboxylic acids is 2. The quantitative estimate of drug-likeness (QED) is 0.452. The molecule has 6 heteroatoms. The van der Waals surface area contributed by atoms with Crippen LogP contribution in [0, 0.1) is 0 Å². The average Bonchev–Trinajstić information content (AvgIpc) is 2.86. The summed E-state index contributed by atoms with van der Waals surface area (Å²) in [4.78, 5) is 28.3. The molecular weight excluding hydrogens is 404 g/mol. The van der Waals surface area contributed by atoms with Crippen molar-refractivity contribution in [3.8, 4) is 0 Å². The number of hydrogen-bond acceptors (Lipinski definition) is 4. The lowest BCUT2D eigenvalue weighted by Gasteiger charge is -1.92. The Morgan fingerprint density at radius 3 is 1.09 bits per heavy atom. The number of carbonyl (C=O) groups is 2. The Hall–Kier alpha value is -4.58. The molecule has 0 bridgehead atoms. The highest BCUT2D eigenvalue weighted by Crippen LogP contribution is 2.05. The van der Waals surface area contributed by atoms with Crippen LogP contribution in [0.5, 0.6) is 0 Å². The van der Waals surface area contributed by atoms with Gasteiger partial charge < -0.3 is 10.2 Å². The summed E-state index contributed by atoms with van der Waals surface area (Å²) < 4.78 is 0. The fourth-order valence-corrected chi connectivity index (χ4v) is 2.30. The van der Waals surface area contributed by atoms with Crippen molar-refractivity contribution in [2.45, 2.75) is 0 Å². The number of rotatable bonds is 4. The number of hydrogen-bond donors (Lipinski definition) is 2. The third kappa shape index (κ3) is 9.28. The molecule has 0 aliphatic rings. The third-order valence-electron chi connectivity index (χ3n) is 3.92. The molecule has 0 unspecified atom stereocenters. The van der Waals surface area contributed by atoms with Gasteiger partial charge in [-0.2, -0.15) is 0 Å². The van der Waals surface area contributed by atoms with Crippen molar-refractivity contribution in [1.82, 2.24) is 9.97 Å². The zero-order valence-electron chi connectivity index (χ0n) is 17.2. The molecule has 0 amide bonds. The summed E-state index contributed by atoms with van der Waals surface area (Å²) in [5.74, 6) is -1.76. The van der Waals surface area contributed by atoms with Crippen LogP contribution >= 0.6 is 0 Å². The van der Waals surface area contributed by atoms with Gasteiger partial charge in [0.1, 0.15) is 0 Å². The van der Waals surface area contributed by atoms with Crippen LogP contribution in [-0.2, 0) is 0 Å². The highest BCUT2D eigenvalue weighted by Gasteiger charge is 1.97. The van der Waals surface area contributed by atoms with E-state index >= 15 is 0 Å². The molecule has 0 radical (unpaired) electrons. The molecule has 0 saturated heterocycles. The second-order valence-corrected chi connectivity index (χ2v) is 6.24.